The first-order chi connectivity index (χ1) is 18.2. The molecule has 5 nitrogen and oxygen atoms in total. The summed E-state index contributed by atoms with van der Waals surface area (Å²) >= 11 is 3.48. The number of benzene rings is 3. The van der Waals surface area contributed by atoms with Gasteiger partial charge in [-0.05, 0) is 52.8 Å². The maximum Gasteiger partial charge on any atom is 0.261 e. The topological polar surface area (TPSA) is 58.6 Å². The maximum absolute atomic E-state index is 13.7. The number of nitrogens with zero attached hydrogens (tertiary/aromatic N) is 1. The van der Waals surface area contributed by atoms with E-state index < -0.39 is 6.04 Å². The molecule has 0 aromatic heterocycles. The third-order valence-electron chi connectivity index (χ3n) is 6.45. The molecule has 0 bridgehead atoms. The van der Waals surface area contributed by atoms with Crippen molar-refractivity contribution < 1.29 is 14.3 Å². The number of unbranched alkanes of at least 4 members (excludes halogenated alkanes) is 1. The molecule has 1 atom stereocenters. The molecule has 0 radical (unpaired) electrons. The normalized spacial score (nSPS) is 12.0. The van der Waals surface area contributed by atoms with Gasteiger partial charge in [0.25, 0.3) is 5.91 Å². The minimum atomic E-state index is -0.669. The molecule has 0 saturated heterocycles. The Morgan fingerprint density at radius 3 is 2.18 bits per heavy atom. The number of halogens is 1. The number of amides is 2. The van der Waals surface area contributed by atoms with E-state index in [1.165, 1.54) is 5.56 Å². The van der Waals surface area contributed by atoms with Crippen molar-refractivity contribution in [3.8, 4) is 5.75 Å². The first-order valence-corrected chi connectivity index (χ1v) is 14.1. The van der Waals surface area contributed by atoms with Gasteiger partial charge in [-0.15, -0.1) is 0 Å². The van der Waals surface area contributed by atoms with Crippen molar-refractivity contribution in [2.24, 2.45) is 0 Å². The van der Waals surface area contributed by atoms with E-state index in [-0.39, 0.29) is 23.8 Å². The molecule has 6 heteroatoms. The second-order valence-corrected chi connectivity index (χ2v) is 11.5. The summed E-state index contributed by atoms with van der Waals surface area (Å²) in [6.07, 6.45) is 2.28. The van der Waals surface area contributed by atoms with Crippen LogP contribution in [0.4, 0.5) is 0 Å². The van der Waals surface area contributed by atoms with Crippen LogP contribution in [-0.4, -0.2) is 35.9 Å². The lowest BCUT2D eigenvalue weighted by atomic mass is 9.87. The highest BCUT2D eigenvalue weighted by Gasteiger charge is 2.30. The minimum Gasteiger partial charge on any atom is -0.484 e. The van der Waals surface area contributed by atoms with Crippen molar-refractivity contribution >= 4 is 27.7 Å². The Balaban J connectivity index is 1.85. The summed E-state index contributed by atoms with van der Waals surface area (Å²) in [4.78, 5) is 28.8. The van der Waals surface area contributed by atoms with Gasteiger partial charge in [0.1, 0.15) is 11.8 Å². The molecule has 3 aromatic rings. The van der Waals surface area contributed by atoms with E-state index in [0.717, 1.165) is 28.4 Å². The fourth-order valence-corrected chi connectivity index (χ4v) is 4.39. The number of ether oxygens (including phenoxy) is 1. The summed E-state index contributed by atoms with van der Waals surface area (Å²) in [5, 5.41) is 3.05. The van der Waals surface area contributed by atoms with Gasteiger partial charge < -0.3 is 15.0 Å². The molecule has 0 aliphatic heterocycles. The minimum absolute atomic E-state index is 0.0334. The van der Waals surface area contributed by atoms with Crippen molar-refractivity contribution in [3.05, 3.63) is 100 Å². The highest BCUT2D eigenvalue weighted by atomic mass is 79.9. The molecule has 0 aliphatic rings. The smallest absolute Gasteiger partial charge is 0.261 e. The van der Waals surface area contributed by atoms with Crippen molar-refractivity contribution in [1.29, 1.82) is 0 Å². The summed E-state index contributed by atoms with van der Waals surface area (Å²) in [7, 11) is 0. The number of hydrogen-bond acceptors (Lipinski definition) is 3. The van der Waals surface area contributed by atoms with Crippen molar-refractivity contribution in [3.63, 3.8) is 0 Å². The SMILES string of the molecule is CCCCNC(=O)[C@@H](Cc1ccccc1)N(Cc1ccc(Br)cc1)C(=O)COc1ccc(C(C)(C)C)cc1. The van der Waals surface area contributed by atoms with Gasteiger partial charge in [-0.1, -0.05) is 105 Å². The van der Waals surface area contributed by atoms with Gasteiger partial charge in [0.2, 0.25) is 5.91 Å². The van der Waals surface area contributed by atoms with Crippen LogP contribution in [0, 0.1) is 0 Å². The van der Waals surface area contributed by atoms with E-state index in [4.69, 9.17) is 4.74 Å². The standard InChI is InChI=1S/C32H39BrN2O3/c1-5-6-20-34-31(37)29(21-24-10-8-7-9-11-24)35(22-25-12-16-27(33)17-13-25)30(36)23-38-28-18-14-26(15-19-28)32(2,3)4/h7-19,29H,5-6,20-23H2,1-4H3,(H,34,37)/t29-/m1/s1. The molecule has 0 fully saturated rings. The van der Waals surface area contributed by atoms with Gasteiger partial charge in [-0.25, -0.2) is 0 Å². The summed E-state index contributed by atoms with van der Waals surface area (Å²) < 4.78 is 6.88. The second-order valence-electron chi connectivity index (χ2n) is 10.6. The monoisotopic (exact) mass is 578 g/mol. The van der Waals surface area contributed by atoms with E-state index >= 15 is 0 Å². The molecule has 0 saturated carbocycles. The Labute approximate surface area is 235 Å². The van der Waals surface area contributed by atoms with Gasteiger partial charge in [-0.3, -0.25) is 9.59 Å². The Hall–Kier alpha value is -3.12. The van der Waals surface area contributed by atoms with Crippen LogP contribution < -0.4 is 10.1 Å². The maximum atomic E-state index is 13.7. The molecule has 38 heavy (non-hydrogen) atoms. The van der Waals surface area contributed by atoms with Crippen LogP contribution in [0.5, 0.6) is 5.75 Å². The van der Waals surface area contributed by atoms with E-state index in [9.17, 15) is 9.59 Å². The van der Waals surface area contributed by atoms with Crippen LogP contribution in [0.3, 0.4) is 0 Å². The van der Waals surface area contributed by atoms with Crippen LogP contribution in [0.15, 0.2) is 83.3 Å². The van der Waals surface area contributed by atoms with Crippen LogP contribution in [0.2, 0.25) is 0 Å². The second kappa shape index (κ2) is 14.1. The first-order valence-electron chi connectivity index (χ1n) is 13.3. The summed E-state index contributed by atoms with van der Waals surface area (Å²) in [5.41, 5.74) is 3.16. The Morgan fingerprint density at radius 1 is 0.921 bits per heavy atom. The van der Waals surface area contributed by atoms with Gasteiger partial charge in [0.05, 0.1) is 0 Å². The largest absolute Gasteiger partial charge is 0.484 e. The summed E-state index contributed by atoms with van der Waals surface area (Å²) in [6.45, 7) is 9.29. The molecule has 0 aliphatic carbocycles. The lowest BCUT2D eigenvalue weighted by Crippen LogP contribution is -2.51. The molecule has 202 valence electrons. The summed E-state index contributed by atoms with van der Waals surface area (Å²) in [6, 6.07) is 24.8. The number of carbonyl (C=O) groups excluding carboxylic acids is 2. The number of hydrogen-bond donors (Lipinski definition) is 1. The third kappa shape index (κ3) is 9.02. The number of carbonyl (C=O) groups is 2. The predicted molar refractivity (Wildman–Crippen MR) is 157 cm³/mol. The van der Waals surface area contributed by atoms with E-state index in [1.807, 2.05) is 78.9 Å². The highest BCUT2D eigenvalue weighted by molar-refractivity contribution is 9.10. The first kappa shape index (κ1) is 29.4. The Kier molecular flexibility index (Phi) is 11.0. The van der Waals surface area contributed by atoms with Crippen molar-refractivity contribution in [2.75, 3.05) is 13.2 Å². The lowest BCUT2D eigenvalue weighted by molar-refractivity contribution is -0.142. The highest BCUT2D eigenvalue weighted by Crippen LogP contribution is 2.24. The summed E-state index contributed by atoms with van der Waals surface area (Å²) in [5.74, 6) is 0.239. The average molecular weight is 580 g/mol. The van der Waals surface area contributed by atoms with Gasteiger partial charge in [0.15, 0.2) is 6.61 Å². The van der Waals surface area contributed by atoms with E-state index in [0.29, 0.717) is 25.3 Å². The zero-order chi connectivity index (χ0) is 27.5. The Bertz CT molecular complexity index is 1160. The Morgan fingerprint density at radius 2 is 1.58 bits per heavy atom. The van der Waals surface area contributed by atoms with Crippen LogP contribution in [-0.2, 0) is 28.0 Å². The van der Waals surface area contributed by atoms with Crippen LogP contribution in [0.1, 0.15) is 57.2 Å². The third-order valence-corrected chi connectivity index (χ3v) is 6.98. The molecule has 3 rings (SSSR count). The van der Waals surface area contributed by atoms with Gasteiger partial charge >= 0.3 is 0 Å². The number of nitrogens with one attached hydrogen (secondary N) is 1. The molecular weight excluding hydrogens is 540 g/mol. The molecule has 1 N–H and O–H groups in total. The average Bonchev–Trinajstić information content (AvgIpc) is 2.90. The van der Waals surface area contributed by atoms with E-state index in [1.54, 1.807) is 4.90 Å². The molecule has 0 unspecified atom stereocenters. The molecule has 3 aromatic carbocycles. The number of rotatable bonds is 12. The predicted octanol–water partition coefficient (Wildman–Crippen LogP) is 6.68. The quantitative estimate of drug-likeness (QED) is 0.244. The fourth-order valence-electron chi connectivity index (χ4n) is 4.13. The molecule has 2 amide bonds. The molecule has 0 spiro atoms. The molecular formula is C32H39BrN2O3. The van der Waals surface area contributed by atoms with Crippen molar-refractivity contribution in [1.82, 2.24) is 10.2 Å². The van der Waals surface area contributed by atoms with Gasteiger partial charge in [0, 0.05) is 24.0 Å². The van der Waals surface area contributed by atoms with E-state index in [2.05, 4.69) is 48.9 Å². The van der Waals surface area contributed by atoms with Gasteiger partial charge in [-0.2, -0.15) is 0 Å². The van der Waals surface area contributed by atoms with Crippen LogP contribution in [0.25, 0.3) is 0 Å². The van der Waals surface area contributed by atoms with Crippen molar-refractivity contribution in [2.45, 2.75) is 65.0 Å². The zero-order valence-electron chi connectivity index (χ0n) is 22.9. The fraction of sp³-hybridized carbons (Fsp3) is 0.375. The zero-order valence-corrected chi connectivity index (χ0v) is 24.5. The van der Waals surface area contributed by atoms with Crippen LogP contribution >= 0.6 is 15.9 Å². The molecule has 0 heterocycles. The lowest BCUT2D eigenvalue weighted by Gasteiger charge is -2.31.